The number of aryl methyl sites for hydroxylation is 1. The van der Waals surface area contributed by atoms with E-state index >= 15 is 0 Å². The summed E-state index contributed by atoms with van der Waals surface area (Å²) < 4.78 is 22.3. The predicted octanol–water partition coefficient (Wildman–Crippen LogP) is 3.20. The quantitative estimate of drug-likeness (QED) is 0.618. The first-order valence-electron chi connectivity index (χ1n) is 9.30. The number of para-hydroxylation sites is 3. The highest BCUT2D eigenvalue weighted by molar-refractivity contribution is 5.96. The number of furan rings is 1. The van der Waals surface area contributed by atoms with E-state index in [1.807, 2.05) is 42.5 Å². The highest BCUT2D eigenvalue weighted by atomic mass is 16.6. The Labute approximate surface area is 167 Å². The number of hydrogen-bond donors (Lipinski definition) is 0. The van der Waals surface area contributed by atoms with E-state index in [9.17, 15) is 9.59 Å². The zero-order valence-electron chi connectivity index (χ0n) is 16.2. The summed E-state index contributed by atoms with van der Waals surface area (Å²) in [6.45, 7) is 2.06. The molecule has 1 aliphatic rings. The monoisotopic (exact) mass is 395 g/mol. The average Bonchev–Trinajstić information content (AvgIpc) is 3.08. The van der Waals surface area contributed by atoms with Crippen molar-refractivity contribution in [1.29, 1.82) is 0 Å². The Morgan fingerprint density at radius 1 is 1.10 bits per heavy atom. The van der Waals surface area contributed by atoms with E-state index in [0.29, 0.717) is 35.8 Å². The van der Waals surface area contributed by atoms with Crippen molar-refractivity contribution >= 4 is 22.8 Å². The summed E-state index contributed by atoms with van der Waals surface area (Å²) >= 11 is 0. The Morgan fingerprint density at radius 3 is 2.62 bits per heavy atom. The molecule has 7 nitrogen and oxygen atoms in total. The van der Waals surface area contributed by atoms with Crippen LogP contribution in [0.2, 0.25) is 0 Å². The minimum absolute atomic E-state index is 0.113. The molecule has 0 spiro atoms. The first-order chi connectivity index (χ1) is 14.0. The molecule has 0 aliphatic carbocycles. The van der Waals surface area contributed by atoms with Crippen molar-refractivity contribution in [3.63, 3.8) is 0 Å². The number of ether oxygens (including phenoxy) is 3. The second-order valence-corrected chi connectivity index (χ2v) is 6.90. The molecule has 1 amide bonds. The second-order valence-electron chi connectivity index (χ2n) is 6.90. The zero-order chi connectivity index (χ0) is 20.4. The Morgan fingerprint density at radius 2 is 1.83 bits per heavy atom. The molecule has 4 rings (SSSR count). The van der Waals surface area contributed by atoms with Crippen LogP contribution in [0.5, 0.6) is 11.5 Å². The van der Waals surface area contributed by atoms with Crippen LogP contribution in [0.25, 0.3) is 11.0 Å². The van der Waals surface area contributed by atoms with E-state index in [0.717, 1.165) is 5.39 Å². The summed E-state index contributed by atoms with van der Waals surface area (Å²) in [5.74, 6) is 0.452. The average molecular weight is 395 g/mol. The molecule has 0 fully saturated rings. The van der Waals surface area contributed by atoms with Crippen molar-refractivity contribution in [3.05, 3.63) is 59.9 Å². The van der Waals surface area contributed by atoms with E-state index in [1.54, 1.807) is 20.0 Å². The Hall–Kier alpha value is -3.48. The molecule has 2 aromatic carbocycles. The van der Waals surface area contributed by atoms with Crippen LogP contribution in [0.15, 0.2) is 52.9 Å². The number of nitrogens with zero attached hydrogens (tertiary/aromatic N) is 1. The smallest absolute Gasteiger partial charge is 0.375 e. The summed E-state index contributed by atoms with van der Waals surface area (Å²) in [5.41, 5.74) is 1.30. The van der Waals surface area contributed by atoms with Crippen molar-refractivity contribution < 1.29 is 28.2 Å². The van der Waals surface area contributed by atoms with Crippen molar-refractivity contribution in [1.82, 2.24) is 4.90 Å². The molecule has 2 heterocycles. The Bertz CT molecular complexity index is 1060. The number of esters is 1. The molecule has 1 aliphatic heterocycles. The summed E-state index contributed by atoms with van der Waals surface area (Å²) in [4.78, 5) is 26.2. The summed E-state index contributed by atoms with van der Waals surface area (Å²) in [5, 5.41) is 0.845. The fourth-order valence-electron chi connectivity index (χ4n) is 3.23. The summed E-state index contributed by atoms with van der Waals surface area (Å²) in [6, 6.07) is 14.7. The van der Waals surface area contributed by atoms with Gasteiger partial charge in [0.2, 0.25) is 5.76 Å². The number of carbonyl (C=O) groups excluding carboxylic acids is 2. The molecule has 29 heavy (non-hydrogen) atoms. The zero-order valence-corrected chi connectivity index (χ0v) is 16.2. The van der Waals surface area contributed by atoms with Gasteiger partial charge in [-0.3, -0.25) is 4.79 Å². The lowest BCUT2D eigenvalue weighted by Crippen LogP contribution is -2.43. The molecular formula is C22H21NO6. The van der Waals surface area contributed by atoms with Gasteiger partial charge in [-0.25, -0.2) is 4.79 Å². The standard InChI is InChI=1S/C22H21NO6/c1-14-16-7-3-4-8-17(16)29-21(14)22(25)27-13-20(24)23(2)11-15-12-26-18-9-5-6-10-19(18)28-15/h3-10,15H,11-13H2,1-2H3/t15-/m0/s1. The van der Waals surface area contributed by atoms with Gasteiger partial charge >= 0.3 is 5.97 Å². The number of rotatable bonds is 5. The van der Waals surface area contributed by atoms with Crippen LogP contribution in [-0.4, -0.2) is 49.7 Å². The molecule has 150 valence electrons. The van der Waals surface area contributed by atoms with E-state index < -0.39 is 5.97 Å². The van der Waals surface area contributed by atoms with E-state index in [4.69, 9.17) is 18.6 Å². The van der Waals surface area contributed by atoms with Gasteiger partial charge in [-0.05, 0) is 25.1 Å². The van der Waals surface area contributed by atoms with E-state index in [-0.39, 0.29) is 24.4 Å². The van der Waals surface area contributed by atoms with E-state index in [2.05, 4.69) is 0 Å². The van der Waals surface area contributed by atoms with Crippen molar-refractivity contribution in [2.24, 2.45) is 0 Å². The number of amides is 1. The Balaban J connectivity index is 1.32. The minimum atomic E-state index is -0.661. The normalized spacial score (nSPS) is 15.2. The molecule has 7 heteroatoms. The third-order valence-corrected chi connectivity index (χ3v) is 4.83. The van der Waals surface area contributed by atoms with Crippen molar-refractivity contribution in [3.8, 4) is 11.5 Å². The molecular weight excluding hydrogens is 374 g/mol. The number of hydrogen-bond acceptors (Lipinski definition) is 6. The minimum Gasteiger partial charge on any atom is -0.486 e. The number of likely N-dealkylation sites (N-methyl/N-ethyl adjacent to an activating group) is 1. The van der Waals surface area contributed by atoms with Gasteiger partial charge in [0.05, 0.1) is 6.54 Å². The molecule has 3 aromatic rings. The predicted molar refractivity (Wildman–Crippen MR) is 105 cm³/mol. The highest BCUT2D eigenvalue weighted by Gasteiger charge is 2.25. The number of fused-ring (bicyclic) bond motifs is 2. The van der Waals surface area contributed by atoms with Gasteiger partial charge in [0.1, 0.15) is 12.2 Å². The molecule has 1 aromatic heterocycles. The van der Waals surface area contributed by atoms with Gasteiger partial charge < -0.3 is 23.5 Å². The van der Waals surface area contributed by atoms with Crippen LogP contribution >= 0.6 is 0 Å². The topological polar surface area (TPSA) is 78.2 Å². The number of carbonyl (C=O) groups is 2. The first-order valence-corrected chi connectivity index (χ1v) is 9.30. The van der Waals surface area contributed by atoms with Crippen LogP contribution in [0.1, 0.15) is 16.1 Å². The van der Waals surface area contributed by atoms with Crippen LogP contribution in [0.3, 0.4) is 0 Å². The lowest BCUT2D eigenvalue weighted by Gasteiger charge is -2.29. The number of benzene rings is 2. The molecule has 0 bridgehead atoms. The van der Waals surface area contributed by atoms with Crippen LogP contribution in [-0.2, 0) is 9.53 Å². The third kappa shape index (κ3) is 3.89. The largest absolute Gasteiger partial charge is 0.486 e. The van der Waals surface area contributed by atoms with Crippen LogP contribution in [0.4, 0.5) is 0 Å². The maximum atomic E-state index is 12.4. The lowest BCUT2D eigenvalue weighted by atomic mass is 10.1. The van der Waals surface area contributed by atoms with Crippen LogP contribution < -0.4 is 9.47 Å². The summed E-state index contributed by atoms with van der Waals surface area (Å²) in [6.07, 6.45) is -0.299. The fraction of sp³-hybridized carbons (Fsp3) is 0.273. The van der Waals surface area contributed by atoms with Gasteiger partial charge in [-0.15, -0.1) is 0 Å². The second kappa shape index (κ2) is 7.87. The molecule has 1 atom stereocenters. The van der Waals surface area contributed by atoms with Gasteiger partial charge in [0, 0.05) is 18.0 Å². The molecule has 0 saturated heterocycles. The lowest BCUT2D eigenvalue weighted by molar-refractivity contribution is -0.134. The maximum absolute atomic E-state index is 12.4. The van der Waals surface area contributed by atoms with Gasteiger partial charge in [0.15, 0.2) is 24.2 Å². The SMILES string of the molecule is Cc1c(C(=O)OCC(=O)N(C)C[C@H]2COc3ccccc3O2)oc2ccccc12. The van der Waals surface area contributed by atoms with Gasteiger partial charge in [-0.2, -0.15) is 0 Å². The molecule has 0 N–H and O–H groups in total. The van der Waals surface area contributed by atoms with Crippen LogP contribution in [0, 0.1) is 6.92 Å². The van der Waals surface area contributed by atoms with Gasteiger partial charge in [-0.1, -0.05) is 30.3 Å². The highest BCUT2D eigenvalue weighted by Crippen LogP contribution is 2.31. The van der Waals surface area contributed by atoms with Crippen molar-refractivity contribution in [2.45, 2.75) is 13.0 Å². The maximum Gasteiger partial charge on any atom is 0.375 e. The third-order valence-electron chi connectivity index (χ3n) is 4.83. The Kier molecular flexibility index (Phi) is 5.12. The van der Waals surface area contributed by atoms with E-state index in [1.165, 1.54) is 4.90 Å². The first kappa shape index (κ1) is 18.9. The molecule has 0 unspecified atom stereocenters. The van der Waals surface area contributed by atoms with Gasteiger partial charge in [0.25, 0.3) is 5.91 Å². The molecule has 0 radical (unpaired) electrons. The summed E-state index contributed by atoms with van der Waals surface area (Å²) in [7, 11) is 1.63. The fourth-order valence-corrected chi connectivity index (χ4v) is 3.23. The molecule has 0 saturated carbocycles. The van der Waals surface area contributed by atoms with Crippen molar-refractivity contribution in [2.75, 3.05) is 26.8 Å².